The molecule has 0 bridgehead atoms. The van der Waals surface area contributed by atoms with Gasteiger partial charge in [0.1, 0.15) is 5.67 Å². The standard InChI is InChI=1S/C13H22FN/c1-10(2)13-5-4-6-15(13)9-12(8-13)7-11(12,3)14/h10H,4-9H2,1-3H3/t11-,12-,13?/m1/s1. The third-order valence-corrected chi connectivity index (χ3v) is 5.53. The molecule has 0 aromatic rings. The van der Waals surface area contributed by atoms with E-state index in [0.29, 0.717) is 11.5 Å². The average molecular weight is 211 g/mol. The van der Waals surface area contributed by atoms with Gasteiger partial charge >= 0.3 is 0 Å². The van der Waals surface area contributed by atoms with Crippen molar-refractivity contribution in [2.45, 2.75) is 57.7 Å². The third-order valence-electron chi connectivity index (χ3n) is 5.53. The van der Waals surface area contributed by atoms with Crippen LogP contribution in [0.25, 0.3) is 0 Å². The Hall–Kier alpha value is -0.110. The first kappa shape index (κ1) is 10.1. The fourth-order valence-corrected chi connectivity index (χ4v) is 4.32. The molecule has 0 N–H and O–H groups in total. The lowest BCUT2D eigenvalue weighted by Crippen LogP contribution is -2.42. The lowest BCUT2D eigenvalue weighted by molar-refractivity contribution is 0.136. The summed E-state index contributed by atoms with van der Waals surface area (Å²) in [5.74, 6) is 0.677. The van der Waals surface area contributed by atoms with E-state index in [-0.39, 0.29) is 5.41 Å². The first-order valence-electron chi connectivity index (χ1n) is 6.36. The first-order chi connectivity index (χ1) is 6.92. The van der Waals surface area contributed by atoms with Gasteiger partial charge in [0.2, 0.25) is 0 Å². The van der Waals surface area contributed by atoms with Gasteiger partial charge in [-0.25, -0.2) is 4.39 Å². The maximum absolute atomic E-state index is 14.1. The molecule has 0 amide bonds. The number of rotatable bonds is 1. The summed E-state index contributed by atoms with van der Waals surface area (Å²) < 4.78 is 14.1. The van der Waals surface area contributed by atoms with Crippen LogP contribution in [0.3, 0.4) is 0 Å². The Labute approximate surface area is 92.0 Å². The largest absolute Gasteiger partial charge is 0.297 e. The van der Waals surface area contributed by atoms with E-state index < -0.39 is 5.67 Å². The van der Waals surface area contributed by atoms with Crippen LogP contribution < -0.4 is 0 Å². The minimum absolute atomic E-state index is 0.0394. The molecule has 15 heavy (non-hydrogen) atoms. The summed E-state index contributed by atoms with van der Waals surface area (Å²) in [4.78, 5) is 2.60. The molecule has 0 radical (unpaired) electrons. The zero-order valence-corrected chi connectivity index (χ0v) is 10.1. The monoisotopic (exact) mass is 211 g/mol. The molecule has 0 aromatic heterocycles. The summed E-state index contributed by atoms with van der Waals surface area (Å²) in [5, 5.41) is 0. The van der Waals surface area contributed by atoms with Crippen molar-refractivity contribution in [3.8, 4) is 0 Å². The van der Waals surface area contributed by atoms with Gasteiger partial charge in [-0.1, -0.05) is 13.8 Å². The first-order valence-corrected chi connectivity index (χ1v) is 6.36. The van der Waals surface area contributed by atoms with Crippen molar-refractivity contribution in [1.82, 2.24) is 4.90 Å². The highest BCUT2D eigenvalue weighted by Gasteiger charge is 2.73. The molecule has 1 aliphatic carbocycles. The second-order valence-corrected chi connectivity index (χ2v) is 6.61. The van der Waals surface area contributed by atoms with Crippen molar-refractivity contribution >= 4 is 0 Å². The van der Waals surface area contributed by atoms with E-state index in [1.807, 2.05) is 6.92 Å². The predicted molar refractivity (Wildman–Crippen MR) is 59.6 cm³/mol. The maximum atomic E-state index is 14.1. The minimum Gasteiger partial charge on any atom is -0.297 e. The SMILES string of the molecule is CC(C)C12CCCN1C[C@]1(C2)C[C@@]1(C)F. The molecule has 3 rings (SSSR count). The summed E-state index contributed by atoms with van der Waals surface area (Å²) in [7, 11) is 0. The zero-order chi connectivity index (χ0) is 10.9. The van der Waals surface area contributed by atoms with Gasteiger partial charge in [-0.05, 0) is 45.1 Å². The van der Waals surface area contributed by atoms with Crippen LogP contribution in [0.1, 0.15) is 46.5 Å². The molecule has 2 heterocycles. The lowest BCUT2D eigenvalue weighted by atomic mass is 9.79. The Morgan fingerprint density at radius 2 is 1.93 bits per heavy atom. The lowest BCUT2D eigenvalue weighted by Gasteiger charge is -2.36. The normalized spacial score (nSPS) is 54.2. The summed E-state index contributed by atoms with van der Waals surface area (Å²) in [5.41, 5.74) is -0.471. The number of hydrogen-bond acceptors (Lipinski definition) is 1. The van der Waals surface area contributed by atoms with Gasteiger partial charge < -0.3 is 0 Å². The highest BCUT2D eigenvalue weighted by molar-refractivity contribution is 5.24. The number of hydrogen-bond donors (Lipinski definition) is 0. The van der Waals surface area contributed by atoms with Crippen LogP contribution in [-0.4, -0.2) is 29.2 Å². The minimum atomic E-state index is -0.862. The van der Waals surface area contributed by atoms with Crippen LogP contribution in [0, 0.1) is 11.3 Å². The second kappa shape index (κ2) is 2.58. The van der Waals surface area contributed by atoms with Gasteiger partial charge in [0, 0.05) is 17.5 Å². The van der Waals surface area contributed by atoms with Gasteiger partial charge in [-0.2, -0.15) is 0 Å². The number of nitrogens with zero attached hydrogens (tertiary/aromatic N) is 1. The summed E-state index contributed by atoms with van der Waals surface area (Å²) in [6.45, 7) is 8.67. The highest BCUT2D eigenvalue weighted by atomic mass is 19.1. The number of fused-ring (bicyclic) bond motifs is 1. The van der Waals surface area contributed by atoms with Crippen molar-refractivity contribution in [2.75, 3.05) is 13.1 Å². The average Bonchev–Trinajstić information content (AvgIpc) is 2.46. The fraction of sp³-hybridized carbons (Fsp3) is 1.00. The molecule has 1 spiro atoms. The van der Waals surface area contributed by atoms with Crippen LogP contribution in [0.15, 0.2) is 0 Å². The van der Waals surface area contributed by atoms with E-state index in [1.165, 1.54) is 19.4 Å². The van der Waals surface area contributed by atoms with Gasteiger partial charge in [-0.3, -0.25) is 4.90 Å². The van der Waals surface area contributed by atoms with Crippen molar-refractivity contribution in [3.05, 3.63) is 0 Å². The quantitative estimate of drug-likeness (QED) is 0.644. The van der Waals surface area contributed by atoms with Crippen molar-refractivity contribution in [2.24, 2.45) is 11.3 Å². The number of halogens is 1. The van der Waals surface area contributed by atoms with Gasteiger partial charge in [0.05, 0.1) is 0 Å². The van der Waals surface area contributed by atoms with Crippen molar-refractivity contribution < 1.29 is 4.39 Å². The molecular formula is C13H22FN. The second-order valence-electron chi connectivity index (χ2n) is 6.61. The summed E-state index contributed by atoms with van der Waals surface area (Å²) >= 11 is 0. The van der Waals surface area contributed by atoms with E-state index in [0.717, 1.165) is 19.4 Å². The van der Waals surface area contributed by atoms with Gasteiger partial charge in [0.25, 0.3) is 0 Å². The van der Waals surface area contributed by atoms with Crippen LogP contribution >= 0.6 is 0 Å². The van der Waals surface area contributed by atoms with Gasteiger partial charge in [-0.15, -0.1) is 0 Å². The highest BCUT2D eigenvalue weighted by Crippen LogP contribution is 2.69. The molecule has 3 fully saturated rings. The third kappa shape index (κ3) is 1.07. The van der Waals surface area contributed by atoms with Crippen LogP contribution in [0.5, 0.6) is 0 Å². The Morgan fingerprint density at radius 3 is 2.40 bits per heavy atom. The molecule has 3 atom stereocenters. The predicted octanol–water partition coefficient (Wildman–Crippen LogP) is 3.00. The summed E-state index contributed by atoms with van der Waals surface area (Å²) in [6.07, 6.45) is 4.54. The number of alkyl halides is 1. The zero-order valence-electron chi connectivity index (χ0n) is 10.1. The molecule has 2 saturated heterocycles. The molecule has 2 heteroatoms. The maximum Gasteiger partial charge on any atom is 0.116 e. The van der Waals surface area contributed by atoms with E-state index >= 15 is 0 Å². The Bertz CT molecular complexity index is 299. The molecule has 1 saturated carbocycles. The van der Waals surface area contributed by atoms with E-state index in [4.69, 9.17) is 0 Å². The van der Waals surface area contributed by atoms with Crippen molar-refractivity contribution in [1.29, 1.82) is 0 Å². The van der Waals surface area contributed by atoms with Crippen LogP contribution in [0.4, 0.5) is 4.39 Å². The molecule has 1 unspecified atom stereocenters. The van der Waals surface area contributed by atoms with E-state index in [1.54, 1.807) is 0 Å². The Morgan fingerprint density at radius 1 is 1.27 bits per heavy atom. The van der Waals surface area contributed by atoms with E-state index in [9.17, 15) is 4.39 Å². The molecular weight excluding hydrogens is 189 g/mol. The smallest absolute Gasteiger partial charge is 0.116 e. The molecule has 2 aliphatic heterocycles. The Kier molecular flexibility index (Phi) is 1.73. The summed E-state index contributed by atoms with van der Waals surface area (Å²) in [6, 6.07) is 0. The molecule has 3 aliphatic rings. The molecule has 1 nitrogen and oxygen atoms in total. The topological polar surface area (TPSA) is 3.24 Å². The van der Waals surface area contributed by atoms with Crippen LogP contribution in [-0.2, 0) is 0 Å². The fourth-order valence-electron chi connectivity index (χ4n) is 4.32. The van der Waals surface area contributed by atoms with E-state index in [2.05, 4.69) is 18.7 Å². The van der Waals surface area contributed by atoms with Crippen LogP contribution in [0.2, 0.25) is 0 Å². The molecule has 0 aromatic carbocycles. The van der Waals surface area contributed by atoms with Gasteiger partial charge in [0.15, 0.2) is 0 Å². The van der Waals surface area contributed by atoms with Crippen molar-refractivity contribution in [3.63, 3.8) is 0 Å². The Balaban J connectivity index is 1.90. The molecule has 86 valence electrons.